The molecule has 0 spiro atoms. The number of anilines is 1. The minimum absolute atomic E-state index is 0.118. The number of likely N-dealkylation sites (tertiary alicyclic amines) is 1. The summed E-state index contributed by atoms with van der Waals surface area (Å²) in [5, 5.41) is 4.02. The molecule has 23 heavy (non-hydrogen) atoms. The molecule has 0 saturated carbocycles. The highest BCUT2D eigenvalue weighted by Crippen LogP contribution is 2.31. The number of rotatable bonds is 2. The van der Waals surface area contributed by atoms with Crippen molar-refractivity contribution in [3.05, 3.63) is 17.2 Å². The van der Waals surface area contributed by atoms with Crippen molar-refractivity contribution in [3.63, 3.8) is 0 Å². The van der Waals surface area contributed by atoms with E-state index in [4.69, 9.17) is 16.3 Å². The Kier molecular flexibility index (Phi) is 4.33. The molecule has 124 valence electrons. The minimum atomic E-state index is -0.482. The Balaban J connectivity index is 1.69. The highest BCUT2D eigenvalue weighted by Gasteiger charge is 2.30. The lowest BCUT2D eigenvalue weighted by Gasteiger charge is -2.24. The first kappa shape index (κ1) is 16.3. The first-order valence-corrected chi connectivity index (χ1v) is 8.59. The molecule has 2 aromatic rings. The summed E-state index contributed by atoms with van der Waals surface area (Å²) in [5.41, 5.74) is 1.90. The third-order valence-corrected chi connectivity index (χ3v) is 4.42. The molecule has 1 saturated heterocycles. The highest BCUT2D eigenvalue weighted by atomic mass is 35.5. The number of benzene rings is 1. The average molecular weight is 355 g/mol. The SMILES string of the molecule is CC(C)(C)OC(=O)N1CCC(Nc2c(Cl)ccc3nsnc23)C1. The van der Waals surface area contributed by atoms with Crippen LogP contribution < -0.4 is 5.32 Å². The number of amides is 1. The first-order valence-electron chi connectivity index (χ1n) is 7.49. The van der Waals surface area contributed by atoms with E-state index in [0.717, 1.165) is 34.9 Å². The maximum Gasteiger partial charge on any atom is 0.410 e. The van der Waals surface area contributed by atoms with Crippen LogP contribution in [0.5, 0.6) is 0 Å². The van der Waals surface area contributed by atoms with Gasteiger partial charge in [0.05, 0.1) is 22.4 Å². The van der Waals surface area contributed by atoms with Gasteiger partial charge in [-0.3, -0.25) is 0 Å². The number of ether oxygens (including phenoxy) is 1. The van der Waals surface area contributed by atoms with E-state index in [1.54, 1.807) is 4.90 Å². The molecule has 0 aliphatic carbocycles. The molecule has 1 fully saturated rings. The fourth-order valence-corrected chi connectivity index (χ4v) is 3.29. The van der Waals surface area contributed by atoms with E-state index in [9.17, 15) is 4.79 Å². The van der Waals surface area contributed by atoms with E-state index in [1.165, 1.54) is 0 Å². The van der Waals surface area contributed by atoms with Crippen molar-refractivity contribution >= 4 is 46.1 Å². The number of hydrogen-bond acceptors (Lipinski definition) is 6. The van der Waals surface area contributed by atoms with Crippen molar-refractivity contribution in [2.24, 2.45) is 0 Å². The minimum Gasteiger partial charge on any atom is -0.444 e. The van der Waals surface area contributed by atoms with E-state index in [-0.39, 0.29) is 12.1 Å². The molecule has 1 atom stereocenters. The maximum absolute atomic E-state index is 12.1. The fourth-order valence-electron chi connectivity index (χ4n) is 2.54. The Morgan fingerprint density at radius 2 is 2.22 bits per heavy atom. The number of nitrogens with one attached hydrogen (secondary N) is 1. The van der Waals surface area contributed by atoms with Crippen LogP contribution in [0.25, 0.3) is 11.0 Å². The van der Waals surface area contributed by atoms with Crippen molar-refractivity contribution in [2.45, 2.75) is 38.8 Å². The Labute approximate surface area is 144 Å². The number of carbonyl (C=O) groups excluding carboxylic acids is 1. The van der Waals surface area contributed by atoms with Crippen molar-refractivity contribution in [1.82, 2.24) is 13.6 Å². The van der Waals surface area contributed by atoms with Crippen LogP contribution in [0.2, 0.25) is 5.02 Å². The van der Waals surface area contributed by atoms with Crippen LogP contribution in [0.4, 0.5) is 10.5 Å². The molecule has 8 heteroatoms. The van der Waals surface area contributed by atoms with Crippen molar-refractivity contribution in [1.29, 1.82) is 0 Å². The lowest BCUT2D eigenvalue weighted by Crippen LogP contribution is -2.36. The second-order valence-electron chi connectivity index (χ2n) is 6.61. The molecule has 1 aromatic carbocycles. The second-order valence-corrected chi connectivity index (χ2v) is 7.55. The molecule has 2 heterocycles. The Bertz CT molecular complexity index is 728. The van der Waals surface area contributed by atoms with Gasteiger partial charge in [-0.25, -0.2) is 4.79 Å². The summed E-state index contributed by atoms with van der Waals surface area (Å²) in [6, 6.07) is 3.79. The van der Waals surface area contributed by atoms with Gasteiger partial charge in [0, 0.05) is 19.1 Å². The number of aromatic nitrogens is 2. The van der Waals surface area contributed by atoms with Crippen molar-refractivity contribution in [3.8, 4) is 0 Å². The summed E-state index contributed by atoms with van der Waals surface area (Å²) in [6.07, 6.45) is 0.560. The van der Waals surface area contributed by atoms with Crippen LogP contribution in [-0.2, 0) is 4.74 Å². The standard InChI is InChI=1S/C15H19ClN4O2S/c1-15(2,3)22-14(21)20-7-6-9(8-20)17-12-10(16)4-5-11-13(12)19-23-18-11/h4-5,9,17H,6-8H2,1-3H3. The van der Waals surface area contributed by atoms with Crippen molar-refractivity contribution in [2.75, 3.05) is 18.4 Å². The maximum atomic E-state index is 12.1. The van der Waals surface area contributed by atoms with Gasteiger partial charge >= 0.3 is 6.09 Å². The molecule has 1 aromatic heterocycles. The molecule has 1 aliphatic rings. The Hall–Kier alpha value is -1.60. The summed E-state index contributed by atoms with van der Waals surface area (Å²) in [4.78, 5) is 13.8. The van der Waals surface area contributed by atoms with Crippen LogP contribution in [0.15, 0.2) is 12.1 Å². The lowest BCUT2D eigenvalue weighted by molar-refractivity contribution is 0.0293. The van der Waals surface area contributed by atoms with E-state index < -0.39 is 5.60 Å². The Morgan fingerprint density at radius 1 is 1.43 bits per heavy atom. The quantitative estimate of drug-likeness (QED) is 0.889. The molecule has 6 nitrogen and oxygen atoms in total. The Morgan fingerprint density at radius 3 is 2.96 bits per heavy atom. The molecular weight excluding hydrogens is 336 g/mol. The monoisotopic (exact) mass is 354 g/mol. The molecule has 1 unspecified atom stereocenters. The van der Waals surface area contributed by atoms with Gasteiger partial charge in [-0.2, -0.15) is 8.75 Å². The largest absolute Gasteiger partial charge is 0.444 e. The summed E-state index contributed by atoms with van der Waals surface area (Å²) >= 11 is 7.46. The van der Waals surface area contributed by atoms with Gasteiger partial charge in [0.2, 0.25) is 0 Å². The third-order valence-electron chi connectivity index (χ3n) is 3.57. The number of nitrogens with zero attached hydrogens (tertiary/aromatic N) is 3. The van der Waals surface area contributed by atoms with Gasteiger partial charge in [-0.15, -0.1) is 0 Å². The number of hydrogen-bond donors (Lipinski definition) is 1. The van der Waals surface area contributed by atoms with Gasteiger partial charge in [0.15, 0.2) is 0 Å². The van der Waals surface area contributed by atoms with Gasteiger partial charge in [0.25, 0.3) is 0 Å². The zero-order valence-corrected chi connectivity index (χ0v) is 14.9. The van der Waals surface area contributed by atoms with Gasteiger partial charge in [-0.1, -0.05) is 11.6 Å². The smallest absolute Gasteiger partial charge is 0.410 e. The van der Waals surface area contributed by atoms with Gasteiger partial charge in [-0.05, 0) is 39.3 Å². The number of fused-ring (bicyclic) bond motifs is 1. The molecule has 0 radical (unpaired) electrons. The third kappa shape index (κ3) is 3.67. The van der Waals surface area contributed by atoms with E-state index >= 15 is 0 Å². The van der Waals surface area contributed by atoms with Crippen LogP contribution in [-0.4, -0.2) is 44.5 Å². The van der Waals surface area contributed by atoms with E-state index in [1.807, 2.05) is 32.9 Å². The van der Waals surface area contributed by atoms with E-state index in [2.05, 4.69) is 14.1 Å². The van der Waals surface area contributed by atoms with Crippen LogP contribution in [0, 0.1) is 0 Å². The van der Waals surface area contributed by atoms with Gasteiger partial charge in [0.1, 0.15) is 16.6 Å². The molecular formula is C15H19ClN4O2S. The topological polar surface area (TPSA) is 67.3 Å². The fraction of sp³-hybridized carbons (Fsp3) is 0.533. The van der Waals surface area contributed by atoms with Gasteiger partial charge < -0.3 is 15.0 Å². The summed E-state index contributed by atoms with van der Waals surface area (Å²) in [7, 11) is 0. The first-order chi connectivity index (χ1) is 10.8. The molecule has 1 aliphatic heterocycles. The van der Waals surface area contributed by atoms with Crippen molar-refractivity contribution < 1.29 is 9.53 Å². The summed E-state index contributed by atoms with van der Waals surface area (Å²) in [6.45, 7) is 6.85. The normalized spacial score (nSPS) is 18.4. The highest BCUT2D eigenvalue weighted by molar-refractivity contribution is 7.00. The molecule has 1 amide bonds. The predicted molar refractivity (Wildman–Crippen MR) is 92.3 cm³/mol. The van der Waals surface area contributed by atoms with Crippen LogP contribution in [0.3, 0.4) is 0 Å². The number of carbonyl (C=O) groups is 1. The summed E-state index contributed by atoms with van der Waals surface area (Å²) < 4.78 is 13.9. The van der Waals surface area contributed by atoms with Crippen LogP contribution in [0.1, 0.15) is 27.2 Å². The average Bonchev–Trinajstić information content (AvgIpc) is 3.09. The zero-order valence-electron chi connectivity index (χ0n) is 13.3. The van der Waals surface area contributed by atoms with E-state index in [0.29, 0.717) is 18.1 Å². The molecule has 1 N–H and O–H groups in total. The summed E-state index contributed by atoms with van der Waals surface area (Å²) in [5.74, 6) is 0. The number of halogens is 1. The molecule has 3 rings (SSSR count). The lowest BCUT2D eigenvalue weighted by atomic mass is 10.2. The zero-order chi connectivity index (χ0) is 16.6. The predicted octanol–water partition coefficient (Wildman–Crippen LogP) is 3.77. The second kappa shape index (κ2) is 6.13. The molecule has 0 bridgehead atoms. The van der Waals surface area contributed by atoms with Crippen LogP contribution >= 0.6 is 23.3 Å².